The topological polar surface area (TPSA) is 12.0 Å². The van der Waals surface area contributed by atoms with Gasteiger partial charge in [0.2, 0.25) is 0 Å². The van der Waals surface area contributed by atoms with E-state index >= 15 is 0 Å². The zero-order valence-corrected chi connectivity index (χ0v) is 12.7. The van der Waals surface area contributed by atoms with Gasteiger partial charge in [0.05, 0.1) is 6.04 Å². The highest BCUT2D eigenvalue weighted by Crippen LogP contribution is 2.31. The van der Waals surface area contributed by atoms with Crippen LogP contribution >= 0.6 is 11.6 Å². The third-order valence-electron chi connectivity index (χ3n) is 3.51. The summed E-state index contributed by atoms with van der Waals surface area (Å²) in [4.78, 5) is 0. The maximum absolute atomic E-state index is 14.1. The number of benzene rings is 2. The van der Waals surface area contributed by atoms with Gasteiger partial charge in [0.25, 0.3) is 0 Å². The number of rotatable bonds is 4. The summed E-state index contributed by atoms with van der Waals surface area (Å²) in [6.45, 7) is 4.30. The fourth-order valence-corrected chi connectivity index (χ4v) is 2.61. The lowest BCUT2D eigenvalue weighted by molar-refractivity contribution is 0.576. The van der Waals surface area contributed by atoms with Crippen molar-refractivity contribution >= 4 is 11.6 Å². The van der Waals surface area contributed by atoms with Crippen molar-refractivity contribution in [3.8, 4) is 0 Å². The van der Waals surface area contributed by atoms with E-state index in [9.17, 15) is 4.39 Å². The van der Waals surface area contributed by atoms with Gasteiger partial charge in [-0.3, -0.25) is 0 Å². The lowest BCUT2D eigenvalue weighted by atomic mass is 9.95. The standard InChI is InChI=1S/C17H19ClFN/c1-11(2)12-7-9-13(10-8-12)17(20-3)16-14(18)5-4-6-15(16)19/h4-11,17,20H,1-3H3. The van der Waals surface area contributed by atoms with Crippen molar-refractivity contribution in [1.29, 1.82) is 0 Å². The highest BCUT2D eigenvalue weighted by Gasteiger charge is 2.19. The van der Waals surface area contributed by atoms with Gasteiger partial charge in [-0.15, -0.1) is 0 Å². The number of nitrogens with one attached hydrogen (secondary N) is 1. The fourth-order valence-electron chi connectivity index (χ4n) is 2.34. The first kappa shape index (κ1) is 15.0. The molecule has 0 heterocycles. The molecule has 0 radical (unpaired) electrons. The normalized spacial score (nSPS) is 12.7. The summed E-state index contributed by atoms with van der Waals surface area (Å²) in [7, 11) is 1.81. The molecule has 2 aromatic carbocycles. The number of halogens is 2. The third-order valence-corrected chi connectivity index (χ3v) is 3.84. The minimum Gasteiger partial charge on any atom is -0.309 e. The first-order valence-corrected chi connectivity index (χ1v) is 7.13. The third kappa shape index (κ3) is 3.02. The number of hydrogen-bond donors (Lipinski definition) is 1. The predicted molar refractivity (Wildman–Crippen MR) is 82.8 cm³/mol. The van der Waals surface area contributed by atoms with E-state index in [1.807, 2.05) is 19.2 Å². The van der Waals surface area contributed by atoms with Crippen LogP contribution < -0.4 is 5.32 Å². The Labute approximate surface area is 124 Å². The lowest BCUT2D eigenvalue weighted by Gasteiger charge is -2.20. The average Bonchev–Trinajstić information content (AvgIpc) is 2.43. The number of hydrogen-bond acceptors (Lipinski definition) is 1. The van der Waals surface area contributed by atoms with Gasteiger partial charge in [-0.1, -0.05) is 55.8 Å². The summed E-state index contributed by atoms with van der Waals surface area (Å²) in [6, 6.07) is 12.7. The molecule has 1 unspecified atom stereocenters. The molecule has 0 aromatic heterocycles. The molecule has 0 saturated carbocycles. The predicted octanol–water partition coefficient (Wildman–Crippen LogP) is 4.91. The molecule has 106 valence electrons. The maximum atomic E-state index is 14.1. The second-order valence-electron chi connectivity index (χ2n) is 5.18. The molecule has 3 heteroatoms. The Bertz CT molecular complexity index is 558. The van der Waals surface area contributed by atoms with Gasteiger partial charge >= 0.3 is 0 Å². The Balaban J connectivity index is 2.42. The summed E-state index contributed by atoms with van der Waals surface area (Å²) in [5.41, 5.74) is 2.76. The SMILES string of the molecule is CNC(c1ccc(C(C)C)cc1)c1c(F)cccc1Cl. The van der Waals surface area contributed by atoms with Crippen LogP contribution in [0, 0.1) is 5.82 Å². The van der Waals surface area contributed by atoms with Gasteiger partial charge in [0.15, 0.2) is 0 Å². The highest BCUT2D eigenvalue weighted by molar-refractivity contribution is 6.31. The average molecular weight is 292 g/mol. The molecular formula is C17H19ClFN. The lowest BCUT2D eigenvalue weighted by Crippen LogP contribution is -2.19. The Kier molecular flexibility index (Phi) is 4.79. The van der Waals surface area contributed by atoms with Gasteiger partial charge < -0.3 is 5.32 Å². The first-order chi connectivity index (χ1) is 9.54. The van der Waals surface area contributed by atoms with Gasteiger partial charge in [0.1, 0.15) is 5.82 Å². The van der Waals surface area contributed by atoms with Crippen molar-refractivity contribution in [2.24, 2.45) is 0 Å². The monoisotopic (exact) mass is 291 g/mol. The zero-order chi connectivity index (χ0) is 14.7. The second-order valence-corrected chi connectivity index (χ2v) is 5.59. The molecule has 0 aliphatic heterocycles. The van der Waals surface area contributed by atoms with Crippen molar-refractivity contribution in [2.75, 3.05) is 7.05 Å². The van der Waals surface area contributed by atoms with Gasteiger partial charge in [-0.2, -0.15) is 0 Å². The van der Waals surface area contributed by atoms with Crippen LogP contribution in [0.2, 0.25) is 5.02 Å². The van der Waals surface area contributed by atoms with E-state index in [4.69, 9.17) is 11.6 Å². The molecule has 0 fully saturated rings. The molecule has 2 aromatic rings. The Morgan fingerprint density at radius 3 is 2.10 bits per heavy atom. The minimum atomic E-state index is -0.287. The quantitative estimate of drug-likeness (QED) is 0.844. The van der Waals surface area contributed by atoms with Crippen LogP contribution in [0.25, 0.3) is 0 Å². The van der Waals surface area contributed by atoms with E-state index < -0.39 is 0 Å². The molecule has 20 heavy (non-hydrogen) atoms. The van der Waals surface area contributed by atoms with Gasteiger partial charge in [-0.05, 0) is 36.2 Å². The van der Waals surface area contributed by atoms with Crippen molar-refractivity contribution in [1.82, 2.24) is 5.32 Å². The molecule has 0 saturated heterocycles. The molecule has 0 aliphatic carbocycles. The van der Waals surface area contributed by atoms with Crippen LogP contribution in [-0.2, 0) is 0 Å². The summed E-state index contributed by atoms with van der Waals surface area (Å²) in [6.07, 6.45) is 0. The van der Waals surface area contributed by atoms with E-state index in [2.05, 4.69) is 31.3 Å². The Morgan fingerprint density at radius 2 is 1.60 bits per heavy atom. The molecule has 1 N–H and O–H groups in total. The van der Waals surface area contributed by atoms with Crippen LogP contribution in [0.1, 0.15) is 42.5 Å². The molecule has 0 aliphatic rings. The molecule has 1 nitrogen and oxygen atoms in total. The summed E-state index contributed by atoms with van der Waals surface area (Å²) < 4.78 is 14.1. The Hall–Kier alpha value is -1.38. The van der Waals surface area contributed by atoms with Crippen LogP contribution in [0.3, 0.4) is 0 Å². The van der Waals surface area contributed by atoms with Gasteiger partial charge in [0, 0.05) is 10.6 Å². The summed E-state index contributed by atoms with van der Waals surface area (Å²) in [5.74, 6) is 0.193. The van der Waals surface area contributed by atoms with E-state index in [1.54, 1.807) is 12.1 Å². The van der Waals surface area contributed by atoms with Crippen molar-refractivity contribution in [3.63, 3.8) is 0 Å². The summed E-state index contributed by atoms with van der Waals surface area (Å²) >= 11 is 6.15. The van der Waals surface area contributed by atoms with Crippen molar-refractivity contribution in [2.45, 2.75) is 25.8 Å². The van der Waals surface area contributed by atoms with E-state index in [0.717, 1.165) is 5.56 Å². The van der Waals surface area contributed by atoms with E-state index in [1.165, 1.54) is 11.6 Å². The second kappa shape index (κ2) is 6.38. The molecule has 1 atom stereocenters. The maximum Gasteiger partial charge on any atom is 0.129 e. The fraction of sp³-hybridized carbons (Fsp3) is 0.294. The molecule has 2 rings (SSSR count). The van der Waals surface area contributed by atoms with E-state index in [-0.39, 0.29) is 11.9 Å². The van der Waals surface area contributed by atoms with Gasteiger partial charge in [-0.25, -0.2) is 4.39 Å². The van der Waals surface area contributed by atoms with Crippen LogP contribution in [0.5, 0.6) is 0 Å². The van der Waals surface area contributed by atoms with Crippen molar-refractivity contribution < 1.29 is 4.39 Å². The molecule has 0 spiro atoms. The zero-order valence-electron chi connectivity index (χ0n) is 12.0. The summed E-state index contributed by atoms with van der Waals surface area (Å²) in [5, 5.41) is 3.58. The Morgan fingerprint density at radius 1 is 1.00 bits per heavy atom. The van der Waals surface area contributed by atoms with Crippen LogP contribution in [0.4, 0.5) is 4.39 Å². The molecule has 0 bridgehead atoms. The molecular weight excluding hydrogens is 273 g/mol. The smallest absolute Gasteiger partial charge is 0.129 e. The van der Waals surface area contributed by atoms with Crippen LogP contribution in [-0.4, -0.2) is 7.05 Å². The minimum absolute atomic E-state index is 0.245. The van der Waals surface area contributed by atoms with E-state index in [0.29, 0.717) is 16.5 Å². The largest absolute Gasteiger partial charge is 0.309 e. The highest BCUT2D eigenvalue weighted by atomic mass is 35.5. The van der Waals surface area contributed by atoms with Crippen LogP contribution in [0.15, 0.2) is 42.5 Å². The first-order valence-electron chi connectivity index (χ1n) is 6.75. The molecule has 0 amide bonds. The van der Waals surface area contributed by atoms with Crippen molar-refractivity contribution in [3.05, 3.63) is 70.0 Å².